The van der Waals surface area contributed by atoms with Crippen molar-refractivity contribution in [3.63, 3.8) is 0 Å². The Morgan fingerprint density at radius 1 is 1.14 bits per heavy atom. The van der Waals surface area contributed by atoms with E-state index in [1.165, 1.54) is 25.7 Å². The molecule has 1 fully saturated rings. The molecule has 1 saturated heterocycles. The van der Waals surface area contributed by atoms with Crippen LogP contribution in [0, 0.1) is 6.92 Å². The number of nitrogens with zero attached hydrogens (tertiary/aromatic N) is 4. The molecule has 1 aliphatic heterocycles. The van der Waals surface area contributed by atoms with Gasteiger partial charge in [-0.05, 0) is 37.5 Å². The Kier molecular flexibility index (Phi) is 4.73. The molecule has 0 bridgehead atoms. The smallest absolute Gasteiger partial charge is 0.249 e. The van der Waals surface area contributed by atoms with Crippen LogP contribution in [0.5, 0.6) is 0 Å². The minimum absolute atomic E-state index is 0.507. The number of halogens is 1. The average Bonchev–Trinajstić information content (AvgIpc) is 2.81. The quantitative estimate of drug-likeness (QED) is 0.928. The Morgan fingerprint density at radius 3 is 2.68 bits per heavy atom. The lowest BCUT2D eigenvalue weighted by Crippen LogP contribution is -2.25. The summed E-state index contributed by atoms with van der Waals surface area (Å²) in [5.41, 5.74) is 1.88. The maximum absolute atomic E-state index is 6.15. The molecule has 2 heterocycles. The molecular formula is C16H20ClN5. The maximum atomic E-state index is 6.15. The molecule has 0 atom stereocenters. The normalized spacial score (nSPS) is 15.5. The van der Waals surface area contributed by atoms with Crippen LogP contribution in [-0.2, 0) is 0 Å². The molecular weight excluding hydrogens is 298 g/mol. The van der Waals surface area contributed by atoms with Crippen molar-refractivity contribution >= 4 is 29.1 Å². The van der Waals surface area contributed by atoms with Crippen molar-refractivity contribution in [2.24, 2.45) is 0 Å². The fourth-order valence-electron chi connectivity index (χ4n) is 2.66. The van der Waals surface area contributed by atoms with Crippen LogP contribution < -0.4 is 10.2 Å². The van der Waals surface area contributed by atoms with Crippen molar-refractivity contribution < 1.29 is 0 Å². The van der Waals surface area contributed by atoms with Crippen LogP contribution in [0.2, 0.25) is 5.02 Å². The van der Waals surface area contributed by atoms with Gasteiger partial charge in [0.05, 0.1) is 6.20 Å². The number of aromatic nitrogens is 3. The van der Waals surface area contributed by atoms with Gasteiger partial charge in [-0.25, -0.2) is 0 Å². The van der Waals surface area contributed by atoms with Crippen molar-refractivity contribution in [3.8, 4) is 0 Å². The van der Waals surface area contributed by atoms with E-state index in [2.05, 4.69) is 25.4 Å². The van der Waals surface area contributed by atoms with Gasteiger partial charge in [-0.1, -0.05) is 30.5 Å². The molecule has 0 saturated carbocycles. The fourth-order valence-corrected chi connectivity index (χ4v) is 2.84. The van der Waals surface area contributed by atoms with E-state index in [-0.39, 0.29) is 0 Å². The Labute approximate surface area is 135 Å². The van der Waals surface area contributed by atoms with Gasteiger partial charge in [0.25, 0.3) is 0 Å². The van der Waals surface area contributed by atoms with E-state index in [9.17, 15) is 0 Å². The molecule has 1 aromatic carbocycles. The molecule has 3 rings (SSSR count). The van der Waals surface area contributed by atoms with E-state index >= 15 is 0 Å². The Hall–Kier alpha value is -1.88. The maximum Gasteiger partial charge on any atom is 0.249 e. The van der Waals surface area contributed by atoms with Crippen molar-refractivity contribution in [3.05, 3.63) is 35.0 Å². The third-order valence-corrected chi connectivity index (χ3v) is 4.40. The van der Waals surface area contributed by atoms with Gasteiger partial charge in [0, 0.05) is 23.8 Å². The Balaban J connectivity index is 1.80. The first-order valence-electron chi connectivity index (χ1n) is 7.71. The average molecular weight is 318 g/mol. The molecule has 1 aromatic heterocycles. The number of benzene rings is 1. The molecule has 2 aromatic rings. The molecule has 6 heteroatoms. The van der Waals surface area contributed by atoms with E-state index in [0.29, 0.717) is 5.95 Å². The van der Waals surface area contributed by atoms with E-state index in [0.717, 1.165) is 35.2 Å². The highest BCUT2D eigenvalue weighted by Gasteiger charge is 2.13. The van der Waals surface area contributed by atoms with Crippen LogP contribution in [0.1, 0.15) is 31.2 Å². The second-order valence-electron chi connectivity index (χ2n) is 5.58. The first-order chi connectivity index (χ1) is 10.7. The second kappa shape index (κ2) is 6.92. The zero-order chi connectivity index (χ0) is 15.4. The van der Waals surface area contributed by atoms with E-state index in [1.807, 2.05) is 25.1 Å². The van der Waals surface area contributed by atoms with E-state index in [1.54, 1.807) is 6.20 Å². The van der Waals surface area contributed by atoms with Crippen LogP contribution in [0.15, 0.2) is 24.4 Å². The molecule has 0 aliphatic carbocycles. The second-order valence-corrected chi connectivity index (χ2v) is 5.98. The highest BCUT2D eigenvalue weighted by molar-refractivity contribution is 6.31. The fraction of sp³-hybridized carbons (Fsp3) is 0.438. The summed E-state index contributed by atoms with van der Waals surface area (Å²) in [4.78, 5) is 6.89. The van der Waals surface area contributed by atoms with Gasteiger partial charge < -0.3 is 10.2 Å². The lowest BCUT2D eigenvalue weighted by molar-refractivity contribution is 0.726. The van der Waals surface area contributed by atoms with Gasteiger partial charge in [-0.3, -0.25) is 0 Å². The number of hydrogen-bond donors (Lipinski definition) is 1. The molecule has 1 aliphatic rings. The van der Waals surface area contributed by atoms with Gasteiger partial charge in [-0.15, -0.1) is 5.10 Å². The molecule has 5 nitrogen and oxygen atoms in total. The molecule has 0 amide bonds. The first kappa shape index (κ1) is 15.0. The minimum Gasteiger partial charge on any atom is -0.355 e. The summed E-state index contributed by atoms with van der Waals surface area (Å²) < 4.78 is 0. The standard InChI is InChI=1S/C16H20ClN5/c1-12-13(17)7-6-8-14(12)19-16-20-15(11-18-21-16)22-9-4-2-3-5-10-22/h6-8,11H,2-5,9-10H2,1H3,(H,19,20,21). The van der Waals surface area contributed by atoms with Crippen LogP contribution >= 0.6 is 11.6 Å². The van der Waals surface area contributed by atoms with Crippen LogP contribution in [0.4, 0.5) is 17.5 Å². The summed E-state index contributed by atoms with van der Waals surface area (Å²) in [5, 5.41) is 12.1. The molecule has 0 spiro atoms. The molecule has 0 unspecified atom stereocenters. The number of rotatable bonds is 3. The lowest BCUT2D eigenvalue weighted by Gasteiger charge is -2.21. The van der Waals surface area contributed by atoms with E-state index < -0.39 is 0 Å². The molecule has 116 valence electrons. The van der Waals surface area contributed by atoms with Gasteiger partial charge in [0.2, 0.25) is 5.95 Å². The first-order valence-corrected chi connectivity index (χ1v) is 8.08. The third kappa shape index (κ3) is 3.47. The highest BCUT2D eigenvalue weighted by Crippen LogP contribution is 2.25. The summed E-state index contributed by atoms with van der Waals surface area (Å²) >= 11 is 6.15. The van der Waals surface area contributed by atoms with Crippen molar-refractivity contribution in [2.75, 3.05) is 23.3 Å². The predicted molar refractivity (Wildman–Crippen MR) is 90.0 cm³/mol. The Morgan fingerprint density at radius 2 is 1.91 bits per heavy atom. The molecule has 1 N–H and O–H groups in total. The van der Waals surface area contributed by atoms with Crippen molar-refractivity contribution in [2.45, 2.75) is 32.6 Å². The zero-order valence-corrected chi connectivity index (χ0v) is 13.5. The number of anilines is 3. The van der Waals surface area contributed by atoms with Crippen molar-refractivity contribution in [1.82, 2.24) is 15.2 Å². The van der Waals surface area contributed by atoms with Gasteiger partial charge in [0.15, 0.2) is 5.82 Å². The van der Waals surface area contributed by atoms with Gasteiger partial charge in [0.1, 0.15) is 0 Å². The van der Waals surface area contributed by atoms with Crippen LogP contribution in [-0.4, -0.2) is 28.3 Å². The number of nitrogens with one attached hydrogen (secondary N) is 1. The SMILES string of the molecule is Cc1c(Cl)cccc1Nc1nncc(N2CCCCCC2)n1. The third-order valence-electron chi connectivity index (χ3n) is 3.99. The van der Waals surface area contributed by atoms with Gasteiger partial charge >= 0.3 is 0 Å². The predicted octanol–water partition coefficient (Wildman–Crippen LogP) is 3.96. The van der Waals surface area contributed by atoms with E-state index in [4.69, 9.17) is 11.6 Å². The Bertz CT molecular complexity index is 638. The monoisotopic (exact) mass is 317 g/mol. The minimum atomic E-state index is 0.507. The van der Waals surface area contributed by atoms with Crippen LogP contribution in [0.25, 0.3) is 0 Å². The molecule has 0 radical (unpaired) electrons. The summed E-state index contributed by atoms with van der Waals surface area (Å²) in [6.45, 7) is 4.04. The highest BCUT2D eigenvalue weighted by atomic mass is 35.5. The van der Waals surface area contributed by atoms with Gasteiger partial charge in [-0.2, -0.15) is 10.1 Å². The number of hydrogen-bond acceptors (Lipinski definition) is 5. The summed E-state index contributed by atoms with van der Waals surface area (Å²) in [6, 6.07) is 5.74. The lowest BCUT2D eigenvalue weighted by atomic mass is 10.2. The van der Waals surface area contributed by atoms with Crippen LogP contribution in [0.3, 0.4) is 0 Å². The zero-order valence-electron chi connectivity index (χ0n) is 12.7. The van der Waals surface area contributed by atoms with Crippen molar-refractivity contribution in [1.29, 1.82) is 0 Å². The largest absolute Gasteiger partial charge is 0.355 e. The molecule has 22 heavy (non-hydrogen) atoms. The topological polar surface area (TPSA) is 53.9 Å². The summed E-state index contributed by atoms with van der Waals surface area (Å²) in [6.07, 6.45) is 6.74. The summed E-state index contributed by atoms with van der Waals surface area (Å²) in [7, 11) is 0. The summed E-state index contributed by atoms with van der Waals surface area (Å²) in [5.74, 6) is 1.39.